The zero-order valence-electron chi connectivity index (χ0n) is 21.0. The second kappa shape index (κ2) is 13.2. The lowest BCUT2D eigenvalue weighted by atomic mass is 10.1. The van der Waals surface area contributed by atoms with Crippen LogP contribution in [0.2, 0.25) is 0 Å². The average Bonchev–Trinajstić information content (AvgIpc) is 2.92. The van der Waals surface area contributed by atoms with Gasteiger partial charge in [-0.05, 0) is 42.3 Å². The largest absolute Gasteiger partial charge is 0.493 e. The van der Waals surface area contributed by atoms with Gasteiger partial charge >= 0.3 is 11.9 Å². The number of aliphatic carboxylic acids is 2. The smallest absolute Gasteiger partial charge is 0.346 e. The Bertz CT molecular complexity index is 1240. The van der Waals surface area contributed by atoms with E-state index < -0.39 is 18.0 Å². The molecule has 8 nitrogen and oxygen atoms in total. The van der Waals surface area contributed by atoms with E-state index in [1.54, 1.807) is 0 Å². The van der Waals surface area contributed by atoms with Gasteiger partial charge in [0.25, 0.3) is 0 Å². The number of ether oxygens (including phenoxy) is 3. The number of carbonyl (C=O) groups is 2. The number of benzene rings is 3. The maximum Gasteiger partial charge on any atom is 0.346 e. The van der Waals surface area contributed by atoms with E-state index >= 15 is 0 Å². The molecule has 1 unspecified atom stereocenters. The quantitative estimate of drug-likeness (QED) is 0.235. The number of fused-ring (bicyclic) bond motifs is 1. The highest BCUT2D eigenvalue weighted by molar-refractivity contribution is 5.81. The van der Waals surface area contributed by atoms with Gasteiger partial charge in [0.2, 0.25) is 6.10 Å². The number of nitrogens with zero attached hydrogens (tertiary/aromatic N) is 1. The Labute approximate surface area is 221 Å². The molecular formula is C30H31NO7. The van der Waals surface area contributed by atoms with Crippen LogP contribution in [0.3, 0.4) is 0 Å². The highest BCUT2D eigenvalue weighted by Crippen LogP contribution is 2.38. The first-order valence-electron chi connectivity index (χ1n) is 12.6. The van der Waals surface area contributed by atoms with Crippen LogP contribution in [0.1, 0.15) is 30.4 Å². The van der Waals surface area contributed by atoms with Crippen molar-refractivity contribution in [3.05, 3.63) is 83.9 Å². The second-order valence-electron chi connectivity index (χ2n) is 8.85. The molecule has 0 aliphatic carbocycles. The van der Waals surface area contributed by atoms with Gasteiger partial charge in [0.1, 0.15) is 11.5 Å². The Kier molecular flexibility index (Phi) is 9.23. The average molecular weight is 518 g/mol. The summed E-state index contributed by atoms with van der Waals surface area (Å²) in [6, 6.07) is 23.0. The SMILES string of the molecule is O=C(O)CCCN1CC(C(=O)O)Oc2c(/C=C/c3ccc(OCCCOc4ccccc4)cc3)cccc21. The van der Waals surface area contributed by atoms with Crippen LogP contribution in [0, 0.1) is 0 Å². The van der Waals surface area contributed by atoms with E-state index in [4.69, 9.17) is 19.3 Å². The van der Waals surface area contributed by atoms with Gasteiger partial charge in [-0.1, -0.05) is 54.6 Å². The molecule has 1 atom stereocenters. The van der Waals surface area contributed by atoms with Crippen molar-refractivity contribution in [2.45, 2.75) is 25.4 Å². The molecule has 8 heteroatoms. The molecule has 1 aliphatic heterocycles. The summed E-state index contributed by atoms with van der Waals surface area (Å²) in [6.45, 7) is 1.71. The molecule has 4 rings (SSSR count). The van der Waals surface area contributed by atoms with E-state index in [0.717, 1.165) is 34.7 Å². The zero-order chi connectivity index (χ0) is 26.7. The maximum atomic E-state index is 11.7. The van der Waals surface area contributed by atoms with E-state index in [9.17, 15) is 14.7 Å². The van der Waals surface area contributed by atoms with Crippen molar-refractivity contribution in [2.75, 3.05) is 31.2 Å². The minimum Gasteiger partial charge on any atom is -0.493 e. The molecule has 2 N–H and O–H groups in total. The van der Waals surface area contributed by atoms with Crippen LogP contribution in [0.15, 0.2) is 72.8 Å². The first kappa shape index (κ1) is 26.6. The first-order valence-corrected chi connectivity index (χ1v) is 12.6. The van der Waals surface area contributed by atoms with Crippen LogP contribution in [-0.2, 0) is 9.59 Å². The summed E-state index contributed by atoms with van der Waals surface area (Å²) in [6.07, 6.45) is 3.97. The van der Waals surface area contributed by atoms with E-state index in [1.807, 2.05) is 89.8 Å². The summed E-state index contributed by atoms with van der Waals surface area (Å²) in [5, 5.41) is 18.5. The fourth-order valence-electron chi connectivity index (χ4n) is 4.11. The van der Waals surface area contributed by atoms with Gasteiger partial charge in [0.15, 0.2) is 5.75 Å². The predicted octanol–water partition coefficient (Wildman–Crippen LogP) is 5.22. The molecule has 0 bridgehead atoms. The topological polar surface area (TPSA) is 106 Å². The summed E-state index contributed by atoms with van der Waals surface area (Å²) < 4.78 is 17.3. The number of hydrogen-bond acceptors (Lipinski definition) is 6. The fraction of sp³-hybridized carbons (Fsp3) is 0.267. The van der Waals surface area contributed by atoms with Crippen LogP contribution in [0.5, 0.6) is 17.2 Å². The number of rotatable bonds is 13. The van der Waals surface area contributed by atoms with Crippen molar-refractivity contribution in [1.29, 1.82) is 0 Å². The number of carboxylic acids is 2. The van der Waals surface area contributed by atoms with Crippen molar-refractivity contribution in [1.82, 2.24) is 0 Å². The fourth-order valence-corrected chi connectivity index (χ4v) is 4.11. The number of hydrogen-bond donors (Lipinski definition) is 2. The van der Waals surface area contributed by atoms with E-state index in [0.29, 0.717) is 31.9 Å². The summed E-state index contributed by atoms with van der Waals surface area (Å²) in [4.78, 5) is 24.5. The molecule has 0 amide bonds. The Morgan fingerprint density at radius 2 is 1.58 bits per heavy atom. The third-order valence-electron chi connectivity index (χ3n) is 6.01. The number of para-hydroxylation sites is 2. The van der Waals surface area contributed by atoms with Gasteiger partial charge in [-0.3, -0.25) is 4.79 Å². The van der Waals surface area contributed by atoms with Crippen LogP contribution in [0.4, 0.5) is 5.69 Å². The van der Waals surface area contributed by atoms with Crippen molar-refractivity contribution >= 4 is 29.8 Å². The van der Waals surface area contributed by atoms with Crippen LogP contribution < -0.4 is 19.1 Å². The Morgan fingerprint density at radius 1 is 0.868 bits per heavy atom. The van der Waals surface area contributed by atoms with Gasteiger partial charge in [-0.15, -0.1) is 0 Å². The summed E-state index contributed by atoms with van der Waals surface area (Å²) >= 11 is 0. The van der Waals surface area contributed by atoms with Gasteiger partial charge in [0, 0.05) is 24.9 Å². The minimum atomic E-state index is -1.06. The first-order chi connectivity index (χ1) is 18.5. The molecule has 3 aromatic carbocycles. The minimum absolute atomic E-state index is 0.0190. The molecule has 0 aromatic heterocycles. The lowest BCUT2D eigenvalue weighted by Crippen LogP contribution is -2.45. The van der Waals surface area contributed by atoms with Crippen molar-refractivity contribution < 1.29 is 34.0 Å². The summed E-state index contributed by atoms with van der Waals surface area (Å²) in [5.41, 5.74) is 2.46. The Balaban J connectivity index is 1.35. The highest BCUT2D eigenvalue weighted by Gasteiger charge is 2.31. The molecule has 0 saturated heterocycles. The van der Waals surface area contributed by atoms with Gasteiger partial charge in [-0.25, -0.2) is 4.79 Å². The lowest BCUT2D eigenvalue weighted by Gasteiger charge is -2.35. The summed E-state index contributed by atoms with van der Waals surface area (Å²) in [5.74, 6) is 0.162. The standard InChI is InChI=1S/C30H31NO7/c32-28(33)11-5-18-31-21-27(30(34)35)38-29-23(7-4-10-26(29)31)15-12-22-13-16-25(17-14-22)37-20-6-19-36-24-8-2-1-3-9-24/h1-4,7-10,12-17,27H,5-6,11,18-21H2,(H,32,33)(H,34,35)/b15-12+. The van der Waals surface area contributed by atoms with E-state index in [2.05, 4.69) is 0 Å². The van der Waals surface area contributed by atoms with E-state index in [-0.39, 0.29) is 13.0 Å². The van der Waals surface area contributed by atoms with Gasteiger partial charge in [0.05, 0.1) is 25.4 Å². The Morgan fingerprint density at radius 3 is 2.26 bits per heavy atom. The summed E-state index contributed by atoms with van der Waals surface area (Å²) in [7, 11) is 0. The zero-order valence-corrected chi connectivity index (χ0v) is 21.0. The molecule has 0 saturated carbocycles. The molecule has 198 valence electrons. The maximum absolute atomic E-state index is 11.7. The lowest BCUT2D eigenvalue weighted by molar-refractivity contribution is -0.145. The molecule has 3 aromatic rings. The van der Waals surface area contributed by atoms with Crippen LogP contribution >= 0.6 is 0 Å². The number of carboxylic acid groups (broad SMARTS) is 2. The monoisotopic (exact) mass is 517 g/mol. The van der Waals surface area contributed by atoms with Gasteiger partial charge < -0.3 is 29.3 Å². The molecule has 0 fully saturated rings. The van der Waals surface area contributed by atoms with E-state index in [1.165, 1.54) is 0 Å². The normalized spacial score (nSPS) is 14.5. The third-order valence-corrected chi connectivity index (χ3v) is 6.01. The second-order valence-corrected chi connectivity index (χ2v) is 8.85. The van der Waals surface area contributed by atoms with Gasteiger partial charge in [-0.2, -0.15) is 0 Å². The molecular weight excluding hydrogens is 486 g/mol. The Hall–Kier alpha value is -4.46. The van der Waals surface area contributed by atoms with Crippen molar-refractivity contribution in [3.8, 4) is 17.2 Å². The van der Waals surface area contributed by atoms with Crippen molar-refractivity contribution in [3.63, 3.8) is 0 Å². The van der Waals surface area contributed by atoms with Crippen LogP contribution in [0.25, 0.3) is 12.2 Å². The van der Waals surface area contributed by atoms with Crippen molar-refractivity contribution in [2.24, 2.45) is 0 Å². The third kappa shape index (κ3) is 7.52. The molecule has 1 aliphatic rings. The molecule has 1 heterocycles. The predicted molar refractivity (Wildman–Crippen MR) is 145 cm³/mol. The highest BCUT2D eigenvalue weighted by atomic mass is 16.5. The molecule has 0 spiro atoms. The molecule has 38 heavy (non-hydrogen) atoms. The van der Waals surface area contributed by atoms with Crippen LogP contribution in [-0.4, -0.2) is 54.6 Å². The molecule has 0 radical (unpaired) electrons. The number of anilines is 1.